The van der Waals surface area contributed by atoms with Crippen molar-refractivity contribution in [3.8, 4) is 6.07 Å². The Balaban J connectivity index is 0.00000162. The molecule has 0 saturated carbocycles. The first kappa shape index (κ1) is 14.8. The minimum atomic E-state index is -0.537. The van der Waals surface area contributed by atoms with Crippen LogP contribution in [0.25, 0.3) is 11.1 Å². The molecule has 0 aromatic heterocycles. The summed E-state index contributed by atoms with van der Waals surface area (Å²) in [7, 11) is 0. The van der Waals surface area contributed by atoms with E-state index < -0.39 is 11.8 Å². The third kappa shape index (κ3) is 2.44. The second-order valence-corrected chi connectivity index (χ2v) is 3.47. The van der Waals surface area contributed by atoms with Crippen LogP contribution in [0.2, 0.25) is 0 Å². The van der Waals surface area contributed by atoms with Gasteiger partial charge in [-0.1, -0.05) is 19.1 Å². The van der Waals surface area contributed by atoms with Crippen LogP contribution in [-0.4, -0.2) is 6.61 Å². The van der Waals surface area contributed by atoms with Gasteiger partial charge >= 0.3 is 29.6 Å². The van der Waals surface area contributed by atoms with E-state index >= 15 is 0 Å². The minimum absolute atomic E-state index is 0. The third-order valence-electron chi connectivity index (χ3n) is 2.48. The topological polar surface area (TPSA) is 56.1 Å². The maximum Gasteiger partial charge on any atom is 1.00 e. The van der Waals surface area contributed by atoms with Crippen molar-refractivity contribution in [3.05, 3.63) is 47.2 Å². The Bertz CT molecular complexity index is 573. The van der Waals surface area contributed by atoms with Gasteiger partial charge in [0.15, 0.2) is 0 Å². The average molecular weight is 253 g/mol. The van der Waals surface area contributed by atoms with Gasteiger partial charge in [-0.3, -0.25) is 0 Å². The van der Waals surface area contributed by atoms with Crippen molar-refractivity contribution in [1.29, 1.82) is 5.26 Å². The van der Waals surface area contributed by atoms with Crippen LogP contribution in [0.4, 0.5) is 4.39 Å². The number of nitrogens with zero attached hydrogens (tertiary/aromatic N) is 1. The van der Waals surface area contributed by atoms with Crippen molar-refractivity contribution in [1.82, 2.24) is 0 Å². The Morgan fingerprint density at radius 2 is 2.22 bits per heavy atom. The zero-order valence-corrected chi connectivity index (χ0v) is 12.2. The SMILES string of the molecule is CCO/C([O-])=C1/C=C(C#N)c2c(F)cccc21.[Na+]. The predicted octanol–water partition coefficient (Wildman–Crippen LogP) is -1.18. The first-order valence-electron chi connectivity index (χ1n) is 5.14. The van der Waals surface area contributed by atoms with Crippen LogP contribution in [0.15, 0.2) is 30.2 Å². The maximum atomic E-state index is 13.6. The van der Waals surface area contributed by atoms with Crippen LogP contribution in [-0.2, 0) is 4.74 Å². The summed E-state index contributed by atoms with van der Waals surface area (Å²) in [6.07, 6.45) is 1.37. The van der Waals surface area contributed by atoms with E-state index in [1.165, 1.54) is 18.2 Å². The molecule has 0 aliphatic heterocycles. The number of hydrogen-bond donors (Lipinski definition) is 0. The van der Waals surface area contributed by atoms with E-state index in [0.717, 1.165) is 0 Å². The molecule has 1 aromatic carbocycles. The first-order valence-corrected chi connectivity index (χ1v) is 5.14. The smallest absolute Gasteiger partial charge is 0.613 e. The summed E-state index contributed by atoms with van der Waals surface area (Å²) in [4.78, 5) is 0. The monoisotopic (exact) mass is 253 g/mol. The fraction of sp³-hybridized carbons (Fsp3) is 0.154. The molecule has 86 valence electrons. The molecule has 0 spiro atoms. The second kappa shape index (κ2) is 6.05. The van der Waals surface area contributed by atoms with E-state index in [4.69, 9.17) is 10.00 Å². The summed E-state index contributed by atoms with van der Waals surface area (Å²) in [5, 5.41) is 20.6. The van der Waals surface area contributed by atoms with Gasteiger partial charge in [-0.25, -0.2) is 4.39 Å². The number of fused-ring (bicyclic) bond motifs is 1. The summed E-state index contributed by atoms with van der Waals surface area (Å²) in [6, 6.07) is 6.25. The Morgan fingerprint density at radius 3 is 2.83 bits per heavy atom. The van der Waals surface area contributed by atoms with Crippen molar-refractivity contribution in [2.24, 2.45) is 0 Å². The quantitative estimate of drug-likeness (QED) is 0.492. The number of allylic oxidation sites excluding steroid dienone is 3. The van der Waals surface area contributed by atoms with Crippen molar-refractivity contribution in [2.45, 2.75) is 6.92 Å². The van der Waals surface area contributed by atoms with Crippen molar-refractivity contribution < 1.29 is 43.8 Å². The van der Waals surface area contributed by atoms with Crippen molar-refractivity contribution >= 4 is 11.1 Å². The molecule has 0 radical (unpaired) electrons. The molecule has 0 saturated heterocycles. The number of benzene rings is 1. The summed E-state index contributed by atoms with van der Waals surface area (Å²) < 4.78 is 18.5. The molecule has 0 heterocycles. The minimum Gasteiger partial charge on any atom is -0.613 e. The van der Waals surface area contributed by atoms with Crippen LogP contribution in [0.3, 0.4) is 0 Å². The number of nitriles is 1. The summed E-state index contributed by atoms with van der Waals surface area (Å²) >= 11 is 0. The van der Waals surface area contributed by atoms with E-state index in [1.54, 1.807) is 13.0 Å². The number of hydrogen-bond acceptors (Lipinski definition) is 3. The fourth-order valence-electron chi connectivity index (χ4n) is 1.78. The largest absolute Gasteiger partial charge is 1.00 e. The fourth-order valence-corrected chi connectivity index (χ4v) is 1.78. The van der Waals surface area contributed by atoms with Gasteiger partial charge in [-0.2, -0.15) is 5.26 Å². The molecule has 18 heavy (non-hydrogen) atoms. The Morgan fingerprint density at radius 1 is 1.50 bits per heavy atom. The van der Waals surface area contributed by atoms with E-state index in [2.05, 4.69) is 0 Å². The van der Waals surface area contributed by atoms with E-state index in [1.807, 2.05) is 6.07 Å². The Labute approximate surface area is 126 Å². The molecule has 3 nitrogen and oxygen atoms in total. The van der Waals surface area contributed by atoms with Gasteiger partial charge in [0.05, 0.1) is 17.6 Å². The van der Waals surface area contributed by atoms with E-state index in [0.29, 0.717) is 5.56 Å². The molecular weight excluding hydrogens is 244 g/mol. The van der Waals surface area contributed by atoms with Crippen LogP contribution in [0.1, 0.15) is 18.1 Å². The second-order valence-electron chi connectivity index (χ2n) is 3.47. The predicted molar refractivity (Wildman–Crippen MR) is 58.5 cm³/mol. The molecule has 0 unspecified atom stereocenters. The molecule has 1 aliphatic rings. The van der Waals surface area contributed by atoms with Crippen LogP contribution >= 0.6 is 0 Å². The number of rotatable bonds is 2. The van der Waals surface area contributed by atoms with E-state index in [9.17, 15) is 9.50 Å². The molecule has 0 bridgehead atoms. The number of halogens is 1. The molecule has 0 atom stereocenters. The maximum absolute atomic E-state index is 13.6. The van der Waals surface area contributed by atoms with Gasteiger partial charge < -0.3 is 9.84 Å². The number of ether oxygens (including phenoxy) is 1. The molecular formula is C13H9FNNaO2. The Kier molecular flexibility index (Phi) is 4.97. The third-order valence-corrected chi connectivity index (χ3v) is 2.48. The molecule has 1 aliphatic carbocycles. The van der Waals surface area contributed by atoms with Crippen LogP contribution in [0, 0.1) is 17.1 Å². The standard InChI is InChI=1S/C13H10FNO2.Na/c1-2-17-13(16)10-6-8(7-15)12-9(10)4-3-5-11(12)14;/h3-6,16H,2H2,1H3;/q;+1/p-1/b13-10-;. The molecule has 0 fully saturated rings. The van der Waals surface area contributed by atoms with Crippen molar-refractivity contribution in [3.63, 3.8) is 0 Å². The first-order chi connectivity index (χ1) is 8.19. The van der Waals surface area contributed by atoms with Crippen molar-refractivity contribution in [2.75, 3.05) is 6.61 Å². The van der Waals surface area contributed by atoms with Gasteiger partial charge in [0.2, 0.25) is 0 Å². The summed E-state index contributed by atoms with van der Waals surface area (Å²) in [5.74, 6) is -1.04. The molecule has 2 rings (SSSR count). The molecule has 5 heteroatoms. The van der Waals surface area contributed by atoms with Gasteiger partial charge in [0.1, 0.15) is 5.82 Å². The van der Waals surface area contributed by atoms with E-state index in [-0.39, 0.29) is 52.9 Å². The van der Waals surface area contributed by atoms with Gasteiger partial charge in [-0.15, -0.1) is 0 Å². The average Bonchev–Trinajstić information content (AvgIpc) is 2.69. The van der Waals surface area contributed by atoms with Gasteiger partial charge in [0.25, 0.3) is 0 Å². The Hall–Kier alpha value is -1.28. The zero-order chi connectivity index (χ0) is 12.4. The zero-order valence-electron chi connectivity index (χ0n) is 10.2. The van der Waals surface area contributed by atoms with Gasteiger partial charge in [0, 0.05) is 11.1 Å². The summed E-state index contributed by atoms with van der Waals surface area (Å²) in [6.45, 7) is 1.93. The van der Waals surface area contributed by atoms with Crippen LogP contribution in [0.5, 0.6) is 0 Å². The van der Waals surface area contributed by atoms with Gasteiger partial charge in [-0.05, 0) is 24.3 Å². The molecule has 0 N–H and O–H groups in total. The molecule has 1 aromatic rings. The molecule has 0 amide bonds. The van der Waals surface area contributed by atoms with Crippen LogP contribution < -0.4 is 34.7 Å². The summed E-state index contributed by atoms with van der Waals surface area (Å²) in [5.41, 5.74) is 0.983. The normalized spacial score (nSPS) is 15.1.